The molecule has 1 N–H and O–H groups in total. The number of nitrogens with one attached hydrogen (secondary N) is 1. The lowest BCUT2D eigenvalue weighted by Gasteiger charge is -2.07. The quantitative estimate of drug-likeness (QED) is 0.777. The van der Waals surface area contributed by atoms with E-state index >= 15 is 0 Å². The molecule has 0 spiro atoms. The van der Waals surface area contributed by atoms with Crippen molar-refractivity contribution in [2.24, 2.45) is 0 Å². The van der Waals surface area contributed by atoms with Crippen molar-refractivity contribution in [3.05, 3.63) is 17.7 Å². The molecule has 1 aromatic heterocycles. The van der Waals surface area contributed by atoms with E-state index in [0.29, 0.717) is 5.92 Å². The zero-order valence-corrected chi connectivity index (χ0v) is 8.58. The number of methoxy groups -OCH3 is 1. The van der Waals surface area contributed by atoms with Crippen LogP contribution in [0, 0.1) is 0 Å². The Morgan fingerprint density at radius 1 is 1.57 bits per heavy atom. The topological polar surface area (TPSA) is 47.0 Å². The van der Waals surface area contributed by atoms with Gasteiger partial charge in [-0.3, -0.25) is 0 Å². The number of aromatic nitrogens is 2. The smallest absolute Gasteiger partial charge is 0.159 e. The van der Waals surface area contributed by atoms with Crippen LogP contribution in [0.5, 0.6) is 5.75 Å². The molecule has 1 aromatic rings. The standard InChI is InChI=1S/C10H15N3O/c1-11-5-8-9(14-2)6-12-10(13-8)7-3-4-7/h6-7,11H,3-5H2,1-2H3. The Hall–Kier alpha value is -1.16. The van der Waals surface area contributed by atoms with Gasteiger partial charge in [-0.15, -0.1) is 0 Å². The van der Waals surface area contributed by atoms with Gasteiger partial charge in [0.1, 0.15) is 5.82 Å². The first kappa shape index (κ1) is 9.40. The average molecular weight is 193 g/mol. The van der Waals surface area contributed by atoms with Gasteiger partial charge in [0.25, 0.3) is 0 Å². The Labute approximate surface area is 83.7 Å². The predicted molar refractivity (Wildman–Crippen MR) is 53.3 cm³/mol. The molecule has 14 heavy (non-hydrogen) atoms. The minimum absolute atomic E-state index is 0.594. The highest BCUT2D eigenvalue weighted by atomic mass is 16.5. The third kappa shape index (κ3) is 1.85. The normalized spacial score (nSPS) is 15.6. The van der Waals surface area contributed by atoms with Crippen LogP contribution in [-0.2, 0) is 6.54 Å². The highest BCUT2D eigenvalue weighted by Crippen LogP contribution is 2.38. The molecule has 0 bridgehead atoms. The van der Waals surface area contributed by atoms with Crippen molar-refractivity contribution >= 4 is 0 Å². The Morgan fingerprint density at radius 3 is 2.93 bits per heavy atom. The fourth-order valence-corrected chi connectivity index (χ4v) is 1.42. The van der Waals surface area contributed by atoms with E-state index in [2.05, 4.69) is 15.3 Å². The number of ether oxygens (including phenoxy) is 1. The van der Waals surface area contributed by atoms with Crippen LogP contribution in [0.1, 0.15) is 30.3 Å². The maximum absolute atomic E-state index is 5.19. The van der Waals surface area contributed by atoms with Gasteiger partial charge in [0.05, 0.1) is 19.0 Å². The fraction of sp³-hybridized carbons (Fsp3) is 0.600. The van der Waals surface area contributed by atoms with Crippen molar-refractivity contribution in [3.8, 4) is 5.75 Å². The summed E-state index contributed by atoms with van der Waals surface area (Å²) in [6.45, 7) is 0.728. The van der Waals surface area contributed by atoms with E-state index in [-0.39, 0.29) is 0 Å². The maximum Gasteiger partial charge on any atom is 0.159 e. The molecule has 0 aliphatic heterocycles. The van der Waals surface area contributed by atoms with Crippen molar-refractivity contribution in [1.29, 1.82) is 0 Å². The lowest BCUT2D eigenvalue weighted by molar-refractivity contribution is 0.402. The SMILES string of the molecule is CNCc1nc(C2CC2)ncc1OC. The Bertz CT molecular complexity index is 323. The summed E-state index contributed by atoms with van der Waals surface area (Å²) in [4.78, 5) is 8.79. The van der Waals surface area contributed by atoms with Crippen LogP contribution in [0.4, 0.5) is 0 Å². The third-order valence-electron chi connectivity index (χ3n) is 2.35. The first-order valence-corrected chi connectivity index (χ1v) is 4.89. The number of nitrogens with zero attached hydrogens (tertiary/aromatic N) is 2. The van der Waals surface area contributed by atoms with E-state index in [1.807, 2.05) is 7.05 Å². The number of rotatable bonds is 4. The molecule has 1 fully saturated rings. The van der Waals surface area contributed by atoms with Crippen molar-refractivity contribution in [2.75, 3.05) is 14.2 Å². The zero-order chi connectivity index (χ0) is 9.97. The van der Waals surface area contributed by atoms with Gasteiger partial charge in [0.15, 0.2) is 5.75 Å². The van der Waals surface area contributed by atoms with Gasteiger partial charge in [-0.1, -0.05) is 0 Å². The molecule has 2 rings (SSSR count). The summed E-state index contributed by atoms with van der Waals surface area (Å²) in [7, 11) is 3.55. The van der Waals surface area contributed by atoms with Gasteiger partial charge in [0.2, 0.25) is 0 Å². The van der Waals surface area contributed by atoms with E-state index in [0.717, 1.165) is 23.8 Å². The lowest BCUT2D eigenvalue weighted by atomic mass is 10.3. The summed E-state index contributed by atoms with van der Waals surface area (Å²) in [6.07, 6.45) is 4.23. The van der Waals surface area contributed by atoms with E-state index < -0.39 is 0 Å². The van der Waals surface area contributed by atoms with Crippen molar-refractivity contribution < 1.29 is 4.74 Å². The fourth-order valence-electron chi connectivity index (χ4n) is 1.42. The third-order valence-corrected chi connectivity index (χ3v) is 2.35. The van der Waals surface area contributed by atoms with E-state index in [1.54, 1.807) is 13.3 Å². The molecule has 0 unspecified atom stereocenters. The second kappa shape index (κ2) is 3.92. The van der Waals surface area contributed by atoms with Crippen LogP contribution in [-0.4, -0.2) is 24.1 Å². The summed E-state index contributed by atoms with van der Waals surface area (Å²) < 4.78 is 5.19. The van der Waals surface area contributed by atoms with Crippen molar-refractivity contribution in [3.63, 3.8) is 0 Å². The molecular weight excluding hydrogens is 178 g/mol. The summed E-state index contributed by atoms with van der Waals surface area (Å²) >= 11 is 0. The van der Waals surface area contributed by atoms with Gasteiger partial charge >= 0.3 is 0 Å². The largest absolute Gasteiger partial charge is 0.493 e. The highest BCUT2D eigenvalue weighted by molar-refractivity contribution is 5.26. The van der Waals surface area contributed by atoms with Gasteiger partial charge in [-0.2, -0.15) is 0 Å². The molecule has 0 radical (unpaired) electrons. The Kier molecular flexibility index (Phi) is 2.63. The molecule has 0 aromatic carbocycles. The van der Waals surface area contributed by atoms with Crippen LogP contribution in [0.25, 0.3) is 0 Å². The lowest BCUT2D eigenvalue weighted by Crippen LogP contribution is -2.10. The highest BCUT2D eigenvalue weighted by Gasteiger charge is 2.27. The molecule has 1 aliphatic rings. The van der Waals surface area contributed by atoms with Crippen LogP contribution in [0.3, 0.4) is 0 Å². The monoisotopic (exact) mass is 193 g/mol. The van der Waals surface area contributed by atoms with Gasteiger partial charge < -0.3 is 10.1 Å². The van der Waals surface area contributed by atoms with Crippen LogP contribution >= 0.6 is 0 Å². The minimum atomic E-state index is 0.594. The molecule has 1 aliphatic carbocycles. The van der Waals surface area contributed by atoms with Crippen molar-refractivity contribution in [1.82, 2.24) is 15.3 Å². The molecule has 1 saturated carbocycles. The summed E-state index contributed by atoms with van der Waals surface area (Å²) in [5.41, 5.74) is 0.951. The van der Waals surface area contributed by atoms with E-state index in [9.17, 15) is 0 Å². The first-order chi connectivity index (χ1) is 6.85. The molecule has 4 nitrogen and oxygen atoms in total. The van der Waals surface area contributed by atoms with Crippen molar-refractivity contribution in [2.45, 2.75) is 25.3 Å². The molecular formula is C10H15N3O. The van der Waals surface area contributed by atoms with E-state index in [1.165, 1.54) is 12.8 Å². The summed E-state index contributed by atoms with van der Waals surface area (Å²) in [6, 6.07) is 0. The maximum atomic E-state index is 5.19. The van der Waals surface area contributed by atoms with E-state index in [4.69, 9.17) is 4.74 Å². The van der Waals surface area contributed by atoms with Gasteiger partial charge in [-0.05, 0) is 19.9 Å². The molecule has 0 saturated heterocycles. The average Bonchev–Trinajstić information content (AvgIpc) is 3.01. The Morgan fingerprint density at radius 2 is 2.36 bits per heavy atom. The first-order valence-electron chi connectivity index (χ1n) is 4.89. The predicted octanol–water partition coefficient (Wildman–Crippen LogP) is 1.08. The molecule has 76 valence electrons. The second-order valence-electron chi connectivity index (χ2n) is 3.55. The second-order valence-corrected chi connectivity index (χ2v) is 3.55. The number of hydrogen-bond acceptors (Lipinski definition) is 4. The minimum Gasteiger partial charge on any atom is -0.493 e. The summed E-state index contributed by atoms with van der Waals surface area (Å²) in [5, 5.41) is 3.07. The van der Waals surface area contributed by atoms with Crippen LogP contribution in [0.2, 0.25) is 0 Å². The zero-order valence-electron chi connectivity index (χ0n) is 8.58. The van der Waals surface area contributed by atoms with Gasteiger partial charge in [0, 0.05) is 12.5 Å². The summed E-state index contributed by atoms with van der Waals surface area (Å²) in [5.74, 6) is 2.33. The molecule has 4 heteroatoms. The van der Waals surface area contributed by atoms with Crippen LogP contribution in [0.15, 0.2) is 6.20 Å². The molecule has 1 heterocycles. The number of hydrogen-bond donors (Lipinski definition) is 1. The molecule has 0 atom stereocenters. The molecule has 0 amide bonds. The van der Waals surface area contributed by atoms with Gasteiger partial charge in [-0.25, -0.2) is 9.97 Å². The Balaban J connectivity index is 2.26. The van der Waals surface area contributed by atoms with Crippen LogP contribution < -0.4 is 10.1 Å².